The minimum absolute atomic E-state index is 0.0710. The molecule has 6 nitrogen and oxygen atoms in total. The van der Waals surface area contributed by atoms with Crippen LogP contribution in [0.1, 0.15) is 12.0 Å². The van der Waals surface area contributed by atoms with Gasteiger partial charge in [-0.3, -0.25) is 9.69 Å². The van der Waals surface area contributed by atoms with Crippen molar-refractivity contribution < 1.29 is 9.90 Å². The van der Waals surface area contributed by atoms with E-state index in [2.05, 4.69) is 33.5 Å². The lowest BCUT2D eigenvalue weighted by Gasteiger charge is -2.32. The Morgan fingerprint density at radius 1 is 1.35 bits per heavy atom. The smallest absolute Gasteiger partial charge is 0.241 e. The van der Waals surface area contributed by atoms with Gasteiger partial charge in [0.1, 0.15) is 0 Å². The highest BCUT2D eigenvalue weighted by molar-refractivity contribution is 5.95. The second-order valence-electron chi connectivity index (χ2n) is 6.62. The lowest BCUT2D eigenvalue weighted by molar-refractivity contribution is -0.117. The van der Waals surface area contributed by atoms with Crippen molar-refractivity contribution in [2.45, 2.75) is 25.1 Å². The van der Waals surface area contributed by atoms with E-state index in [4.69, 9.17) is 0 Å². The van der Waals surface area contributed by atoms with Crippen molar-refractivity contribution in [3.8, 4) is 0 Å². The molecule has 2 heterocycles. The SMILES string of the molecule is CN1CCN(Cc2cccc(NC(=O)C3CC(O)CN3)c2)CC1. The van der Waals surface area contributed by atoms with Crippen molar-refractivity contribution in [2.24, 2.45) is 0 Å². The van der Waals surface area contributed by atoms with Gasteiger partial charge in [0, 0.05) is 45.0 Å². The van der Waals surface area contributed by atoms with E-state index in [-0.39, 0.29) is 11.9 Å². The summed E-state index contributed by atoms with van der Waals surface area (Å²) in [5.41, 5.74) is 2.04. The van der Waals surface area contributed by atoms with Crippen molar-refractivity contribution in [2.75, 3.05) is 45.1 Å². The number of nitrogens with zero attached hydrogens (tertiary/aromatic N) is 2. The van der Waals surface area contributed by atoms with Crippen LogP contribution in [0, 0.1) is 0 Å². The maximum absolute atomic E-state index is 12.2. The highest BCUT2D eigenvalue weighted by Gasteiger charge is 2.28. The molecular formula is C17H26N4O2. The molecule has 2 aliphatic rings. The van der Waals surface area contributed by atoms with Crippen molar-refractivity contribution in [1.29, 1.82) is 0 Å². The summed E-state index contributed by atoms with van der Waals surface area (Å²) in [6.07, 6.45) is 0.0571. The Balaban J connectivity index is 1.55. The van der Waals surface area contributed by atoms with E-state index in [0.717, 1.165) is 38.4 Å². The highest BCUT2D eigenvalue weighted by Crippen LogP contribution is 2.15. The molecule has 0 aliphatic carbocycles. The molecule has 23 heavy (non-hydrogen) atoms. The molecule has 0 bridgehead atoms. The number of piperazine rings is 1. The number of likely N-dealkylation sites (N-methyl/N-ethyl adjacent to an activating group) is 1. The lowest BCUT2D eigenvalue weighted by Crippen LogP contribution is -2.43. The number of rotatable bonds is 4. The fraction of sp³-hybridized carbons (Fsp3) is 0.588. The van der Waals surface area contributed by atoms with Gasteiger partial charge in [0.25, 0.3) is 0 Å². The molecule has 1 amide bonds. The molecule has 3 N–H and O–H groups in total. The zero-order valence-electron chi connectivity index (χ0n) is 13.7. The predicted molar refractivity (Wildman–Crippen MR) is 90.3 cm³/mol. The van der Waals surface area contributed by atoms with Crippen LogP contribution in [-0.2, 0) is 11.3 Å². The maximum Gasteiger partial charge on any atom is 0.241 e. The average molecular weight is 318 g/mol. The molecule has 0 spiro atoms. The molecule has 2 atom stereocenters. The fourth-order valence-corrected chi connectivity index (χ4v) is 3.16. The molecule has 2 unspecified atom stereocenters. The summed E-state index contributed by atoms with van der Waals surface area (Å²) in [6.45, 7) is 5.77. The highest BCUT2D eigenvalue weighted by atomic mass is 16.3. The number of anilines is 1. The van der Waals surface area contributed by atoms with E-state index >= 15 is 0 Å². The number of benzene rings is 1. The van der Waals surface area contributed by atoms with E-state index in [0.29, 0.717) is 13.0 Å². The molecule has 126 valence electrons. The van der Waals surface area contributed by atoms with E-state index < -0.39 is 6.10 Å². The molecule has 2 fully saturated rings. The van der Waals surface area contributed by atoms with Crippen molar-refractivity contribution >= 4 is 11.6 Å². The molecule has 3 rings (SSSR count). The molecule has 1 aromatic carbocycles. The number of amides is 1. The first-order valence-electron chi connectivity index (χ1n) is 8.32. The van der Waals surface area contributed by atoms with Gasteiger partial charge in [-0.05, 0) is 31.2 Å². The molecule has 0 radical (unpaired) electrons. The van der Waals surface area contributed by atoms with Gasteiger partial charge in [0.2, 0.25) is 5.91 Å². The van der Waals surface area contributed by atoms with Gasteiger partial charge in [-0.1, -0.05) is 12.1 Å². The Bertz CT molecular complexity index is 543. The monoisotopic (exact) mass is 318 g/mol. The van der Waals surface area contributed by atoms with Crippen LogP contribution in [0.5, 0.6) is 0 Å². The molecule has 0 aromatic heterocycles. The molecule has 2 aliphatic heterocycles. The van der Waals surface area contributed by atoms with Gasteiger partial charge in [-0.25, -0.2) is 0 Å². The van der Waals surface area contributed by atoms with Crippen LogP contribution in [0.25, 0.3) is 0 Å². The van der Waals surface area contributed by atoms with Gasteiger partial charge in [-0.15, -0.1) is 0 Å². The summed E-state index contributed by atoms with van der Waals surface area (Å²) < 4.78 is 0. The summed E-state index contributed by atoms with van der Waals surface area (Å²) >= 11 is 0. The van der Waals surface area contributed by atoms with Crippen LogP contribution in [-0.4, -0.2) is 72.7 Å². The van der Waals surface area contributed by atoms with E-state index in [1.807, 2.05) is 18.2 Å². The molecule has 1 aromatic rings. The lowest BCUT2D eigenvalue weighted by atomic mass is 10.1. The van der Waals surface area contributed by atoms with Crippen LogP contribution < -0.4 is 10.6 Å². The number of nitrogens with one attached hydrogen (secondary N) is 2. The number of hydrogen-bond donors (Lipinski definition) is 3. The third-order valence-corrected chi connectivity index (χ3v) is 4.62. The Kier molecular flexibility index (Phi) is 5.27. The van der Waals surface area contributed by atoms with Gasteiger partial charge in [0.05, 0.1) is 12.1 Å². The summed E-state index contributed by atoms with van der Waals surface area (Å²) in [5, 5.41) is 15.5. The largest absolute Gasteiger partial charge is 0.392 e. The maximum atomic E-state index is 12.2. The molecule has 6 heteroatoms. The molecule has 0 saturated carbocycles. The first-order chi connectivity index (χ1) is 11.1. The van der Waals surface area contributed by atoms with Crippen LogP contribution >= 0.6 is 0 Å². The summed E-state index contributed by atoms with van der Waals surface area (Å²) in [5.74, 6) is -0.0710. The molecular weight excluding hydrogens is 292 g/mol. The number of β-amino-alcohol motifs (C(OH)–C–C–N with tert-alkyl or cyclic N) is 1. The third kappa shape index (κ3) is 4.51. The Morgan fingerprint density at radius 3 is 2.83 bits per heavy atom. The number of carbonyl (C=O) groups is 1. The van der Waals surface area contributed by atoms with Crippen molar-refractivity contribution in [3.05, 3.63) is 29.8 Å². The normalized spacial score (nSPS) is 26.3. The van der Waals surface area contributed by atoms with Crippen LogP contribution in [0.15, 0.2) is 24.3 Å². The second-order valence-corrected chi connectivity index (χ2v) is 6.62. The van der Waals surface area contributed by atoms with Gasteiger partial charge >= 0.3 is 0 Å². The zero-order valence-corrected chi connectivity index (χ0v) is 13.7. The van der Waals surface area contributed by atoms with Gasteiger partial charge < -0.3 is 20.6 Å². The molecule has 2 saturated heterocycles. The summed E-state index contributed by atoms with van der Waals surface area (Å²) in [7, 11) is 2.15. The van der Waals surface area contributed by atoms with E-state index in [1.165, 1.54) is 5.56 Å². The second kappa shape index (κ2) is 7.40. The summed E-state index contributed by atoms with van der Waals surface area (Å²) in [6, 6.07) is 7.74. The summed E-state index contributed by atoms with van der Waals surface area (Å²) in [4.78, 5) is 17.0. The van der Waals surface area contributed by atoms with Gasteiger partial charge in [0.15, 0.2) is 0 Å². The van der Waals surface area contributed by atoms with Crippen LogP contribution in [0.2, 0.25) is 0 Å². The average Bonchev–Trinajstić information content (AvgIpc) is 2.97. The Hall–Kier alpha value is -1.47. The number of carbonyl (C=O) groups excluding carboxylic acids is 1. The Morgan fingerprint density at radius 2 is 2.13 bits per heavy atom. The van der Waals surface area contributed by atoms with Gasteiger partial charge in [-0.2, -0.15) is 0 Å². The predicted octanol–water partition coefficient (Wildman–Crippen LogP) is 0.0953. The van der Waals surface area contributed by atoms with Crippen molar-refractivity contribution in [1.82, 2.24) is 15.1 Å². The van der Waals surface area contributed by atoms with E-state index in [9.17, 15) is 9.90 Å². The third-order valence-electron chi connectivity index (χ3n) is 4.62. The Labute approximate surface area is 137 Å². The van der Waals surface area contributed by atoms with Crippen LogP contribution in [0.4, 0.5) is 5.69 Å². The number of hydrogen-bond acceptors (Lipinski definition) is 5. The minimum Gasteiger partial charge on any atom is -0.392 e. The standard InChI is InChI=1S/C17H26N4O2/c1-20-5-7-21(8-6-20)12-13-3-2-4-14(9-13)19-17(23)16-10-15(22)11-18-16/h2-4,9,15-16,18,22H,5-8,10-12H2,1H3,(H,19,23). The zero-order chi connectivity index (χ0) is 16.2. The quantitative estimate of drug-likeness (QED) is 0.734. The first-order valence-corrected chi connectivity index (χ1v) is 8.32. The van der Waals surface area contributed by atoms with Crippen molar-refractivity contribution in [3.63, 3.8) is 0 Å². The van der Waals surface area contributed by atoms with E-state index in [1.54, 1.807) is 0 Å². The number of aliphatic hydroxyl groups is 1. The van der Waals surface area contributed by atoms with Crippen LogP contribution in [0.3, 0.4) is 0 Å². The minimum atomic E-state index is -0.422. The topological polar surface area (TPSA) is 67.8 Å². The number of aliphatic hydroxyl groups excluding tert-OH is 1. The fourth-order valence-electron chi connectivity index (χ4n) is 3.16. The first kappa shape index (κ1) is 16.4.